The van der Waals surface area contributed by atoms with Crippen LogP contribution in [0.2, 0.25) is 0 Å². The molecule has 158 valence electrons. The van der Waals surface area contributed by atoms with Crippen LogP contribution in [0.3, 0.4) is 0 Å². The van der Waals surface area contributed by atoms with E-state index < -0.39 is 0 Å². The minimum Gasteiger partial charge on any atom is -0.493 e. The molecule has 1 amide bonds. The topological polar surface area (TPSA) is 38.8 Å². The van der Waals surface area contributed by atoms with E-state index in [0.29, 0.717) is 23.6 Å². The second-order valence-corrected chi connectivity index (χ2v) is 7.92. The van der Waals surface area contributed by atoms with Gasteiger partial charge >= 0.3 is 0 Å². The van der Waals surface area contributed by atoms with Gasteiger partial charge in [0.05, 0.1) is 12.8 Å². The van der Waals surface area contributed by atoms with Gasteiger partial charge in [0.1, 0.15) is 12.4 Å². The summed E-state index contributed by atoms with van der Waals surface area (Å²) in [6, 6.07) is 17.6. The second-order valence-electron chi connectivity index (χ2n) is 7.06. The first-order valence-corrected chi connectivity index (χ1v) is 10.7. The van der Waals surface area contributed by atoms with Crippen molar-refractivity contribution >= 4 is 39.2 Å². The zero-order valence-corrected chi connectivity index (χ0v) is 18.8. The van der Waals surface area contributed by atoms with E-state index in [-0.39, 0.29) is 18.3 Å². The van der Waals surface area contributed by atoms with E-state index in [9.17, 15) is 9.18 Å². The number of anilines is 1. The van der Waals surface area contributed by atoms with Crippen LogP contribution < -0.4 is 14.4 Å². The molecule has 0 bridgehead atoms. The van der Waals surface area contributed by atoms with Gasteiger partial charge in [-0.2, -0.15) is 0 Å². The highest BCUT2D eigenvalue weighted by molar-refractivity contribution is 9.10. The maximum atomic E-state index is 13.1. The number of amides is 1. The molecule has 3 aromatic rings. The summed E-state index contributed by atoms with van der Waals surface area (Å²) >= 11 is 3.59. The van der Waals surface area contributed by atoms with Gasteiger partial charge in [0.25, 0.3) is 5.91 Å². The molecule has 0 spiro atoms. The van der Waals surface area contributed by atoms with Crippen molar-refractivity contribution in [2.45, 2.75) is 13.5 Å². The van der Waals surface area contributed by atoms with E-state index in [1.165, 1.54) is 12.1 Å². The molecule has 0 atom stereocenters. The molecule has 4 rings (SSSR count). The summed E-state index contributed by atoms with van der Waals surface area (Å²) in [6.07, 6.45) is 1.87. The maximum absolute atomic E-state index is 13.1. The fourth-order valence-corrected chi connectivity index (χ4v) is 4.03. The molecule has 0 aliphatic carbocycles. The Labute approximate surface area is 189 Å². The normalized spacial score (nSPS) is 14.1. The van der Waals surface area contributed by atoms with Crippen molar-refractivity contribution in [3.8, 4) is 11.5 Å². The average molecular weight is 482 g/mol. The quantitative estimate of drug-likeness (QED) is 0.400. The van der Waals surface area contributed by atoms with Crippen LogP contribution in [0, 0.1) is 5.82 Å². The number of methoxy groups -OCH3 is 1. The standard InChI is InChI=1S/C25H21BrFNO3/c1-3-28-22-7-5-4-6-19(22)20(25(28)29)12-17-13-23(30-2)24(14-21(17)26)31-15-16-8-10-18(27)11-9-16/h4-14H,3,15H2,1-2H3/b20-12-. The number of para-hydroxylation sites is 1. The number of likely N-dealkylation sites (N-methyl/N-ethyl adjacent to an activating group) is 1. The number of fused-ring (bicyclic) bond motifs is 1. The van der Waals surface area contributed by atoms with Crippen molar-refractivity contribution in [1.82, 2.24) is 0 Å². The van der Waals surface area contributed by atoms with Crippen LogP contribution in [0.4, 0.5) is 10.1 Å². The Morgan fingerprint density at radius 2 is 1.81 bits per heavy atom. The molecule has 0 saturated carbocycles. The van der Waals surface area contributed by atoms with Gasteiger partial charge in [-0.3, -0.25) is 4.79 Å². The van der Waals surface area contributed by atoms with Crippen LogP contribution in [-0.2, 0) is 11.4 Å². The Hall–Kier alpha value is -3.12. The molecule has 1 aliphatic rings. The van der Waals surface area contributed by atoms with Crippen LogP contribution in [0.25, 0.3) is 11.6 Å². The van der Waals surface area contributed by atoms with E-state index in [4.69, 9.17) is 9.47 Å². The van der Waals surface area contributed by atoms with Crippen LogP contribution in [-0.4, -0.2) is 19.6 Å². The van der Waals surface area contributed by atoms with Crippen molar-refractivity contribution in [2.24, 2.45) is 0 Å². The number of ether oxygens (including phenoxy) is 2. The van der Waals surface area contributed by atoms with Gasteiger partial charge in [-0.05, 0) is 54.5 Å². The molecule has 0 radical (unpaired) electrons. The van der Waals surface area contributed by atoms with Gasteiger partial charge in [0, 0.05) is 22.2 Å². The lowest BCUT2D eigenvalue weighted by Crippen LogP contribution is -2.25. The minimum absolute atomic E-state index is 0.0220. The van der Waals surface area contributed by atoms with Gasteiger partial charge in [0.2, 0.25) is 0 Å². The lowest BCUT2D eigenvalue weighted by atomic mass is 10.0. The third-order valence-electron chi connectivity index (χ3n) is 5.17. The van der Waals surface area contributed by atoms with E-state index >= 15 is 0 Å². The molecule has 0 fully saturated rings. The second kappa shape index (κ2) is 8.94. The monoisotopic (exact) mass is 481 g/mol. The van der Waals surface area contributed by atoms with Gasteiger partial charge < -0.3 is 14.4 Å². The van der Waals surface area contributed by atoms with Crippen molar-refractivity contribution in [3.05, 3.63) is 87.6 Å². The first kappa shape index (κ1) is 21.1. The fraction of sp³-hybridized carbons (Fsp3) is 0.160. The summed E-state index contributed by atoms with van der Waals surface area (Å²) in [5.74, 6) is 0.787. The molecule has 4 nitrogen and oxygen atoms in total. The summed E-state index contributed by atoms with van der Waals surface area (Å²) in [6.45, 7) is 2.85. The van der Waals surface area contributed by atoms with Gasteiger partial charge in [-0.15, -0.1) is 0 Å². The zero-order chi connectivity index (χ0) is 22.0. The summed E-state index contributed by atoms with van der Waals surface area (Å²) in [4.78, 5) is 14.7. The molecule has 31 heavy (non-hydrogen) atoms. The highest BCUT2D eigenvalue weighted by Gasteiger charge is 2.31. The third kappa shape index (κ3) is 4.21. The van der Waals surface area contributed by atoms with Crippen molar-refractivity contribution in [1.29, 1.82) is 0 Å². The Kier molecular flexibility index (Phi) is 6.09. The summed E-state index contributed by atoms with van der Waals surface area (Å²) in [5, 5.41) is 0. The smallest absolute Gasteiger partial charge is 0.258 e. The molecule has 0 N–H and O–H groups in total. The number of nitrogens with zero attached hydrogens (tertiary/aromatic N) is 1. The molecule has 0 unspecified atom stereocenters. The van der Waals surface area contributed by atoms with Crippen LogP contribution in [0.5, 0.6) is 11.5 Å². The Morgan fingerprint density at radius 3 is 2.52 bits per heavy atom. The minimum atomic E-state index is -0.286. The maximum Gasteiger partial charge on any atom is 0.258 e. The first-order chi connectivity index (χ1) is 15.0. The fourth-order valence-electron chi connectivity index (χ4n) is 3.59. The predicted octanol–water partition coefficient (Wildman–Crippen LogP) is 6.08. The molecular formula is C25H21BrFNO3. The van der Waals surface area contributed by atoms with Crippen LogP contribution in [0.15, 0.2) is 65.1 Å². The highest BCUT2D eigenvalue weighted by Crippen LogP contribution is 2.40. The number of halogens is 2. The van der Waals surface area contributed by atoms with Crippen LogP contribution in [0.1, 0.15) is 23.6 Å². The lowest BCUT2D eigenvalue weighted by molar-refractivity contribution is -0.112. The molecule has 3 aromatic carbocycles. The highest BCUT2D eigenvalue weighted by atomic mass is 79.9. The van der Waals surface area contributed by atoms with Gasteiger partial charge in [0.15, 0.2) is 11.5 Å². The summed E-state index contributed by atoms with van der Waals surface area (Å²) < 4.78 is 25.3. The van der Waals surface area contributed by atoms with Gasteiger partial charge in [-0.25, -0.2) is 4.39 Å². The zero-order valence-electron chi connectivity index (χ0n) is 17.2. The van der Waals surface area contributed by atoms with Crippen molar-refractivity contribution in [2.75, 3.05) is 18.6 Å². The number of hydrogen-bond acceptors (Lipinski definition) is 3. The Balaban J connectivity index is 1.65. The number of benzene rings is 3. The number of hydrogen-bond donors (Lipinski definition) is 0. The SMILES string of the molecule is CCN1C(=O)/C(=C\c2cc(OC)c(OCc3ccc(F)cc3)cc2Br)c2ccccc21. The molecular weight excluding hydrogens is 461 g/mol. The lowest BCUT2D eigenvalue weighted by Gasteiger charge is -2.14. The van der Waals surface area contributed by atoms with Crippen LogP contribution >= 0.6 is 15.9 Å². The van der Waals surface area contributed by atoms with Gasteiger partial charge in [-0.1, -0.05) is 46.3 Å². The molecule has 0 aromatic heterocycles. The number of carbonyl (C=O) groups excluding carboxylic acids is 1. The van der Waals surface area contributed by atoms with E-state index in [1.54, 1.807) is 24.1 Å². The van der Waals surface area contributed by atoms with E-state index in [1.807, 2.05) is 49.4 Å². The van der Waals surface area contributed by atoms with Crippen molar-refractivity contribution < 1.29 is 18.7 Å². The van der Waals surface area contributed by atoms with Crippen molar-refractivity contribution in [3.63, 3.8) is 0 Å². The Bertz CT molecular complexity index is 1160. The molecule has 1 heterocycles. The van der Waals surface area contributed by atoms with E-state index in [0.717, 1.165) is 26.9 Å². The Morgan fingerprint density at radius 1 is 1.06 bits per heavy atom. The molecule has 0 saturated heterocycles. The van der Waals surface area contributed by atoms with E-state index in [2.05, 4.69) is 15.9 Å². The average Bonchev–Trinajstić information content (AvgIpc) is 3.05. The molecule has 1 aliphatic heterocycles. The molecule has 6 heteroatoms. The summed E-state index contributed by atoms with van der Waals surface area (Å²) in [5.41, 5.74) is 4.13. The number of rotatable bonds is 6. The number of carbonyl (C=O) groups is 1. The summed E-state index contributed by atoms with van der Waals surface area (Å²) in [7, 11) is 1.57. The predicted molar refractivity (Wildman–Crippen MR) is 124 cm³/mol. The third-order valence-corrected chi connectivity index (χ3v) is 5.85. The largest absolute Gasteiger partial charge is 0.493 e. The first-order valence-electron chi connectivity index (χ1n) is 9.89.